The maximum atomic E-state index is 12.3. The molecule has 116 valence electrons. The number of rotatable bonds is 5. The summed E-state index contributed by atoms with van der Waals surface area (Å²) < 4.78 is 5.18. The van der Waals surface area contributed by atoms with Gasteiger partial charge < -0.3 is 9.84 Å². The van der Waals surface area contributed by atoms with Crippen molar-refractivity contribution in [2.75, 3.05) is 6.26 Å². The van der Waals surface area contributed by atoms with Crippen molar-refractivity contribution in [1.29, 1.82) is 0 Å². The molecule has 23 heavy (non-hydrogen) atoms. The first-order valence-electron chi connectivity index (χ1n) is 7.07. The molecule has 0 bridgehead atoms. The second-order valence-corrected chi connectivity index (χ2v) is 5.61. The van der Waals surface area contributed by atoms with Crippen LogP contribution in [0.15, 0.2) is 64.0 Å². The van der Waals surface area contributed by atoms with Gasteiger partial charge in [-0.15, -0.1) is 11.8 Å². The molecule has 2 aromatic carbocycles. The van der Waals surface area contributed by atoms with Crippen LogP contribution in [0.3, 0.4) is 0 Å². The van der Waals surface area contributed by atoms with Crippen molar-refractivity contribution in [3.63, 3.8) is 0 Å². The number of amides is 1. The lowest BCUT2D eigenvalue weighted by Crippen LogP contribution is -2.23. The van der Waals surface area contributed by atoms with E-state index in [1.807, 2.05) is 54.8 Å². The fourth-order valence-corrected chi connectivity index (χ4v) is 2.71. The summed E-state index contributed by atoms with van der Waals surface area (Å²) in [4.78, 5) is 17.5. The third kappa shape index (κ3) is 3.60. The van der Waals surface area contributed by atoms with Crippen molar-refractivity contribution in [3.05, 3.63) is 66.1 Å². The largest absolute Gasteiger partial charge is 0.343 e. The van der Waals surface area contributed by atoms with Crippen molar-refractivity contribution in [3.8, 4) is 11.4 Å². The molecule has 0 aliphatic carbocycles. The Morgan fingerprint density at radius 3 is 2.65 bits per heavy atom. The molecule has 1 amide bonds. The van der Waals surface area contributed by atoms with Crippen molar-refractivity contribution < 1.29 is 9.32 Å². The lowest BCUT2D eigenvalue weighted by Gasteiger charge is -2.06. The molecule has 1 heterocycles. The summed E-state index contributed by atoms with van der Waals surface area (Å²) in [5, 5.41) is 6.74. The first kappa shape index (κ1) is 15.3. The number of nitrogens with one attached hydrogen (secondary N) is 1. The van der Waals surface area contributed by atoms with Gasteiger partial charge in [0.25, 0.3) is 5.91 Å². The zero-order chi connectivity index (χ0) is 16.1. The van der Waals surface area contributed by atoms with Gasteiger partial charge in [0, 0.05) is 10.5 Å². The minimum atomic E-state index is -0.158. The highest BCUT2D eigenvalue weighted by Gasteiger charge is 2.13. The molecule has 3 rings (SSSR count). The number of hydrogen-bond donors (Lipinski definition) is 1. The predicted molar refractivity (Wildman–Crippen MR) is 89.1 cm³/mol. The Kier molecular flexibility index (Phi) is 4.73. The van der Waals surface area contributed by atoms with Gasteiger partial charge in [0.1, 0.15) is 0 Å². The molecule has 0 saturated heterocycles. The maximum absolute atomic E-state index is 12.3. The Labute approximate surface area is 138 Å². The van der Waals surface area contributed by atoms with E-state index in [1.54, 1.807) is 6.07 Å². The summed E-state index contributed by atoms with van der Waals surface area (Å²) in [6, 6.07) is 17.0. The smallest absolute Gasteiger partial charge is 0.252 e. The van der Waals surface area contributed by atoms with Crippen LogP contribution in [0.4, 0.5) is 0 Å². The molecule has 5 nitrogen and oxygen atoms in total. The Hall–Kier alpha value is -2.60. The van der Waals surface area contributed by atoms with Gasteiger partial charge in [-0.3, -0.25) is 4.79 Å². The van der Waals surface area contributed by atoms with Crippen LogP contribution in [-0.4, -0.2) is 22.3 Å². The van der Waals surface area contributed by atoms with E-state index in [4.69, 9.17) is 4.52 Å². The summed E-state index contributed by atoms with van der Waals surface area (Å²) in [5.74, 6) is 0.729. The molecule has 0 fully saturated rings. The van der Waals surface area contributed by atoms with Crippen LogP contribution >= 0.6 is 11.8 Å². The van der Waals surface area contributed by atoms with E-state index in [0.717, 1.165) is 10.5 Å². The third-order valence-corrected chi connectivity index (χ3v) is 4.05. The van der Waals surface area contributed by atoms with E-state index in [9.17, 15) is 4.79 Å². The standard InChI is InChI=1S/C17H15N3O2S/c1-23-14-10-6-5-9-13(14)17(21)18-11-15-19-16(20-22-15)12-7-3-2-4-8-12/h2-10H,11H2,1H3,(H,18,21). The summed E-state index contributed by atoms with van der Waals surface area (Å²) in [5.41, 5.74) is 1.52. The van der Waals surface area contributed by atoms with Crippen LogP contribution in [0.25, 0.3) is 11.4 Å². The summed E-state index contributed by atoms with van der Waals surface area (Å²) >= 11 is 1.53. The highest BCUT2D eigenvalue weighted by Crippen LogP contribution is 2.20. The van der Waals surface area contributed by atoms with E-state index < -0.39 is 0 Å². The van der Waals surface area contributed by atoms with E-state index in [2.05, 4.69) is 15.5 Å². The Morgan fingerprint density at radius 1 is 1.13 bits per heavy atom. The van der Waals surface area contributed by atoms with Gasteiger partial charge in [0.15, 0.2) is 0 Å². The number of aromatic nitrogens is 2. The van der Waals surface area contributed by atoms with Crippen LogP contribution in [0.5, 0.6) is 0 Å². The Bertz CT molecular complexity index is 802. The van der Waals surface area contributed by atoms with Crippen molar-refractivity contribution in [1.82, 2.24) is 15.5 Å². The molecule has 1 aromatic heterocycles. The van der Waals surface area contributed by atoms with Crippen molar-refractivity contribution in [2.24, 2.45) is 0 Å². The van der Waals surface area contributed by atoms with E-state index >= 15 is 0 Å². The topological polar surface area (TPSA) is 68.0 Å². The fourth-order valence-electron chi connectivity index (χ4n) is 2.11. The van der Waals surface area contributed by atoms with Crippen molar-refractivity contribution >= 4 is 17.7 Å². The van der Waals surface area contributed by atoms with Crippen LogP contribution in [-0.2, 0) is 6.54 Å². The fraction of sp³-hybridized carbons (Fsp3) is 0.118. The quantitative estimate of drug-likeness (QED) is 0.728. The third-order valence-electron chi connectivity index (χ3n) is 3.25. The van der Waals surface area contributed by atoms with E-state index in [0.29, 0.717) is 17.3 Å². The zero-order valence-corrected chi connectivity index (χ0v) is 13.3. The lowest BCUT2D eigenvalue weighted by molar-refractivity contribution is 0.0943. The highest BCUT2D eigenvalue weighted by molar-refractivity contribution is 7.98. The zero-order valence-electron chi connectivity index (χ0n) is 12.5. The number of thioether (sulfide) groups is 1. The molecule has 0 radical (unpaired) electrons. The van der Waals surface area contributed by atoms with Gasteiger partial charge in [-0.25, -0.2) is 0 Å². The Morgan fingerprint density at radius 2 is 1.87 bits per heavy atom. The average molecular weight is 325 g/mol. The maximum Gasteiger partial charge on any atom is 0.252 e. The normalized spacial score (nSPS) is 10.5. The van der Waals surface area contributed by atoms with Gasteiger partial charge in [0.2, 0.25) is 11.7 Å². The van der Waals surface area contributed by atoms with Crippen LogP contribution in [0.1, 0.15) is 16.2 Å². The number of carbonyl (C=O) groups is 1. The lowest BCUT2D eigenvalue weighted by atomic mass is 10.2. The number of benzene rings is 2. The number of nitrogens with zero attached hydrogens (tertiary/aromatic N) is 2. The minimum absolute atomic E-state index is 0.158. The molecule has 3 aromatic rings. The predicted octanol–water partition coefficient (Wildman–Crippen LogP) is 3.39. The molecule has 0 atom stereocenters. The molecule has 0 spiro atoms. The molecule has 0 aliphatic heterocycles. The molecular weight excluding hydrogens is 310 g/mol. The van der Waals surface area contributed by atoms with Gasteiger partial charge in [-0.05, 0) is 18.4 Å². The number of carbonyl (C=O) groups excluding carboxylic acids is 1. The monoisotopic (exact) mass is 325 g/mol. The molecule has 6 heteroatoms. The number of hydrogen-bond acceptors (Lipinski definition) is 5. The first-order chi connectivity index (χ1) is 11.3. The summed E-state index contributed by atoms with van der Waals surface area (Å²) in [7, 11) is 0. The van der Waals surface area contributed by atoms with E-state index in [-0.39, 0.29) is 12.5 Å². The molecule has 1 N–H and O–H groups in total. The Balaban J connectivity index is 1.67. The SMILES string of the molecule is CSc1ccccc1C(=O)NCc1nc(-c2ccccc2)no1. The molecule has 0 aliphatic rings. The second-order valence-electron chi connectivity index (χ2n) is 4.76. The molecule has 0 unspecified atom stereocenters. The van der Waals surface area contributed by atoms with Crippen LogP contribution in [0, 0.1) is 0 Å². The van der Waals surface area contributed by atoms with Gasteiger partial charge in [0.05, 0.1) is 12.1 Å². The average Bonchev–Trinajstić information content (AvgIpc) is 3.09. The second kappa shape index (κ2) is 7.11. The molecular formula is C17H15N3O2S. The van der Waals surface area contributed by atoms with E-state index in [1.165, 1.54) is 11.8 Å². The summed E-state index contributed by atoms with van der Waals surface area (Å²) in [6.45, 7) is 0.196. The van der Waals surface area contributed by atoms with Gasteiger partial charge >= 0.3 is 0 Å². The highest BCUT2D eigenvalue weighted by atomic mass is 32.2. The van der Waals surface area contributed by atoms with Crippen molar-refractivity contribution in [2.45, 2.75) is 11.4 Å². The van der Waals surface area contributed by atoms with Gasteiger partial charge in [-0.1, -0.05) is 47.6 Å². The van der Waals surface area contributed by atoms with Gasteiger partial charge in [-0.2, -0.15) is 4.98 Å². The van der Waals surface area contributed by atoms with Crippen LogP contribution in [0.2, 0.25) is 0 Å². The first-order valence-corrected chi connectivity index (χ1v) is 8.29. The molecule has 0 saturated carbocycles. The summed E-state index contributed by atoms with van der Waals surface area (Å²) in [6.07, 6.45) is 1.94. The minimum Gasteiger partial charge on any atom is -0.343 e. The van der Waals surface area contributed by atoms with Crippen LogP contribution < -0.4 is 5.32 Å².